The van der Waals surface area contributed by atoms with E-state index in [1.165, 1.54) is 12.1 Å². The molecule has 4 nitrogen and oxygen atoms in total. The van der Waals surface area contributed by atoms with Gasteiger partial charge in [-0.1, -0.05) is 37.5 Å². The van der Waals surface area contributed by atoms with Gasteiger partial charge in [0.25, 0.3) is 0 Å². The third-order valence-corrected chi connectivity index (χ3v) is 5.90. The summed E-state index contributed by atoms with van der Waals surface area (Å²) in [5, 5.41) is 11.3. The van der Waals surface area contributed by atoms with Crippen LogP contribution < -0.4 is 5.73 Å². The molecule has 1 atom stereocenters. The molecule has 7 heteroatoms. The number of nitrogens with two attached hydrogens (primary N) is 1. The second-order valence-corrected chi connectivity index (χ2v) is 7.88. The van der Waals surface area contributed by atoms with Gasteiger partial charge in [-0.15, -0.1) is 0 Å². The predicted octanol–water partition coefficient (Wildman–Crippen LogP) is 3.43. The van der Waals surface area contributed by atoms with Crippen molar-refractivity contribution in [3.8, 4) is 0 Å². The van der Waals surface area contributed by atoms with E-state index in [2.05, 4.69) is 0 Å². The Labute approximate surface area is 157 Å². The van der Waals surface area contributed by atoms with Crippen molar-refractivity contribution >= 4 is 5.91 Å². The SMILES string of the molecule is NC1CCN(C(=O)C(c2cccc(C(F)(F)F)c2)C2(O)CCCCC2)CC1. The second-order valence-electron chi connectivity index (χ2n) is 7.88. The number of carbonyl (C=O) groups is 1. The van der Waals surface area contributed by atoms with Crippen molar-refractivity contribution in [2.24, 2.45) is 5.73 Å². The summed E-state index contributed by atoms with van der Waals surface area (Å²) < 4.78 is 39.6. The number of benzene rings is 1. The maximum atomic E-state index is 13.3. The van der Waals surface area contributed by atoms with Crippen LogP contribution in [-0.4, -0.2) is 40.6 Å². The van der Waals surface area contributed by atoms with Crippen LogP contribution >= 0.6 is 0 Å². The number of hydrogen-bond acceptors (Lipinski definition) is 3. The highest BCUT2D eigenvalue weighted by molar-refractivity contribution is 5.85. The Hall–Kier alpha value is -1.60. The van der Waals surface area contributed by atoms with Gasteiger partial charge in [-0.3, -0.25) is 4.79 Å². The van der Waals surface area contributed by atoms with E-state index in [0.29, 0.717) is 38.8 Å². The fourth-order valence-corrected chi connectivity index (χ4v) is 4.33. The van der Waals surface area contributed by atoms with Crippen molar-refractivity contribution < 1.29 is 23.1 Å². The van der Waals surface area contributed by atoms with Gasteiger partial charge in [0.05, 0.1) is 17.1 Å². The summed E-state index contributed by atoms with van der Waals surface area (Å²) in [5.41, 5.74) is 4.05. The minimum Gasteiger partial charge on any atom is -0.389 e. The van der Waals surface area contributed by atoms with Crippen molar-refractivity contribution in [1.82, 2.24) is 4.90 Å². The van der Waals surface area contributed by atoms with Crippen molar-refractivity contribution in [3.63, 3.8) is 0 Å². The summed E-state index contributed by atoms with van der Waals surface area (Å²) in [4.78, 5) is 15.0. The molecule has 1 amide bonds. The summed E-state index contributed by atoms with van der Waals surface area (Å²) in [6.07, 6.45) is 0.189. The van der Waals surface area contributed by atoms with Crippen LogP contribution in [0.4, 0.5) is 13.2 Å². The summed E-state index contributed by atoms with van der Waals surface area (Å²) in [6.45, 7) is 0.955. The maximum Gasteiger partial charge on any atom is 0.416 e. The Morgan fingerprint density at radius 2 is 1.81 bits per heavy atom. The molecule has 2 aliphatic rings. The van der Waals surface area contributed by atoms with Gasteiger partial charge in [0, 0.05) is 19.1 Å². The minimum absolute atomic E-state index is 0.0406. The average Bonchev–Trinajstić information content (AvgIpc) is 2.62. The smallest absolute Gasteiger partial charge is 0.389 e. The quantitative estimate of drug-likeness (QED) is 0.839. The van der Waals surface area contributed by atoms with Crippen LogP contribution in [0.1, 0.15) is 62.0 Å². The summed E-state index contributed by atoms with van der Waals surface area (Å²) in [5.74, 6) is -1.26. The van der Waals surface area contributed by atoms with Crippen LogP contribution in [0.15, 0.2) is 24.3 Å². The number of nitrogens with zero attached hydrogens (tertiary/aromatic N) is 1. The Bertz CT molecular complexity index is 663. The molecule has 0 aromatic heterocycles. The molecular weight excluding hydrogens is 357 g/mol. The highest BCUT2D eigenvalue weighted by Gasteiger charge is 2.45. The molecule has 0 spiro atoms. The van der Waals surface area contributed by atoms with Crippen LogP contribution in [0.2, 0.25) is 0 Å². The molecule has 1 saturated heterocycles. The van der Waals surface area contributed by atoms with Crippen molar-refractivity contribution in [2.45, 2.75) is 68.7 Å². The largest absolute Gasteiger partial charge is 0.416 e. The van der Waals surface area contributed by atoms with Crippen LogP contribution in [0, 0.1) is 0 Å². The number of amides is 1. The Morgan fingerprint density at radius 3 is 2.41 bits per heavy atom. The topological polar surface area (TPSA) is 66.6 Å². The van der Waals surface area contributed by atoms with Gasteiger partial charge in [0.1, 0.15) is 0 Å². The minimum atomic E-state index is -4.49. The molecule has 150 valence electrons. The predicted molar refractivity (Wildman–Crippen MR) is 96.0 cm³/mol. The molecule has 1 aromatic carbocycles. The molecule has 1 aliphatic carbocycles. The molecule has 1 aromatic rings. The third kappa shape index (κ3) is 4.46. The number of halogens is 3. The van der Waals surface area contributed by atoms with Crippen molar-refractivity contribution in [3.05, 3.63) is 35.4 Å². The van der Waals surface area contributed by atoms with Gasteiger partial charge in [-0.2, -0.15) is 13.2 Å². The lowest BCUT2D eigenvalue weighted by Crippen LogP contribution is -2.51. The van der Waals surface area contributed by atoms with Crippen molar-refractivity contribution in [1.29, 1.82) is 0 Å². The van der Waals surface area contributed by atoms with E-state index >= 15 is 0 Å². The highest BCUT2D eigenvalue weighted by Crippen LogP contribution is 2.42. The molecule has 3 rings (SSSR count). The van der Waals surface area contributed by atoms with Crippen LogP contribution in [0.25, 0.3) is 0 Å². The second kappa shape index (κ2) is 7.80. The van der Waals surface area contributed by atoms with E-state index in [-0.39, 0.29) is 17.5 Å². The lowest BCUT2D eigenvalue weighted by Gasteiger charge is -2.42. The molecule has 1 saturated carbocycles. The van der Waals surface area contributed by atoms with Gasteiger partial charge < -0.3 is 15.7 Å². The fraction of sp³-hybridized carbons (Fsp3) is 0.650. The zero-order valence-electron chi connectivity index (χ0n) is 15.3. The first kappa shape index (κ1) is 20.1. The molecular formula is C20H27F3N2O2. The van der Waals surface area contributed by atoms with Gasteiger partial charge >= 0.3 is 6.18 Å². The maximum absolute atomic E-state index is 13.3. The van der Waals surface area contributed by atoms with Gasteiger partial charge in [0.15, 0.2) is 0 Å². The standard InChI is InChI=1S/C20H27F3N2O2/c21-20(22,23)15-6-4-5-14(13-15)17(19(27)9-2-1-3-10-19)18(26)25-11-7-16(24)8-12-25/h4-6,13,16-17,27H,1-3,7-12,24H2. The zero-order chi connectivity index (χ0) is 19.7. The first-order valence-electron chi connectivity index (χ1n) is 9.65. The normalized spacial score (nSPS) is 22.5. The lowest BCUT2D eigenvalue weighted by atomic mass is 9.72. The molecule has 1 unspecified atom stereocenters. The fourth-order valence-electron chi connectivity index (χ4n) is 4.33. The third-order valence-electron chi connectivity index (χ3n) is 5.90. The number of piperidine rings is 1. The summed E-state index contributed by atoms with van der Waals surface area (Å²) >= 11 is 0. The Balaban J connectivity index is 1.96. The molecule has 1 heterocycles. The number of alkyl halides is 3. The number of likely N-dealkylation sites (tertiary alicyclic amines) is 1. The first-order valence-corrected chi connectivity index (χ1v) is 9.65. The Morgan fingerprint density at radius 1 is 1.19 bits per heavy atom. The van der Waals surface area contributed by atoms with Crippen molar-refractivity contribution in [2.75, 3.05) is 13.1 Å². The monoisotopic (exact) mass is 384 g/mol. The average molecular weight is 384 g/mol. The van der Waals surface area contributed by atoms with E-state index in [0.717, 1.165) is 31.4 Å². The van der Waals surface area contributed by atoms with Crippen LogP contribution in [0.3, 0.4) is 0 Å². The molecule has 3 N–H and O–H groups in total. The highest BCUT2D eigenvalue weighted by atomic mass is 19.4. The summed E-state index contributed by atoms with van der Waals surface area (Å²) in [7, 11) is 0. The number of rotatable bonds is 3. The van der Waals surface area contributed by atoms with E-state index in [4.69, 9.17) is 5.73 Å². The van der Waals surface area contributed by atoms with Gasteiger partial charge in [-0.05, 0) is 37.3 Å². The molecule has 2 fully saturated rings. The first-order chi connectivity index (χ1) is 12.7. The number of carbonyl (C=O) groups excluding carboxylic acids is 1. The molecule has 0 radical (unpaired) electrons. The summed E-state index contributed by atoms with van der Waals surface area (Å²) in [6, 6.07) is 4.90. The van der Waals surface area contributed by atoms with Gasteiger partial charge in [-0.25, -0.2) is 0 Å². The van der Waals surface area contributed by atoms with Crippen LogP contribution in [-0.2, 0) is 11.0 Å². The zero-order valence-corrected chi connectivity index (χ0v) is 15.3. The van der Waals surface area contributed by atoms with E-state index in [1.807, 2.05) is 0 Å². The van der Waals surface area contributed by atoms with E-state index in [9.17, 15) is 23.1 Å². The molecule has 27 heavy (non-hydrogen) atoms. The molecule has 0 bridgehead atoms. The molecule has 1 aliphatic heterocycles. The number of hydrogen-bond donors (Lipinski definition) is 2. The number of aliphatic hydroxyl groups is 1. The van der Waals surface area contributed by atoms with E-state index < -0.39 is 23.3 Å². The lowest BCUT2D eigenvalue weighted by molar-refractivity contribution is -0.143. The Kier molecular flexibility index (Phi) is 5.82. The van der Waals surface area contributed by atoms with Gasteiger partial charge in [0.2, 0.25) is 5.91 Å². The van der Waals surface area contributed by atoms with Crippen LogP contribution in [0.5, 0.6) is 0 Å². The van der Waals surface area contributed by atoms with E-state index in [1.54, 1.807) is 4.90 Å².